The van der Waals surface area contributed by atoms with Crippen LogP contribution in [0.5, 0.6) is 5.75 Å². The van der Waals surface area contributed by atoms with Crippen molar-refractivity contribution >= 4 is 23.2 Å². The predicted molar refractivity (Wildman–Crippen MR) is 145 cm³/mol. The second-order valence-electron chi connectivity index (χ2n) is 9.31. The number of nitrogens with one attached hydrogen (secondary N) is 1. The van der Waals surface area contributed by atoms with Gasteiger partial charge in [0.2, 0.25) is 0 Å². The maximum atomic E-state index is 15.0. The molecule has 2 heterocycles. The summed E-state index contributed by atoms with van der Waals surface area (Å²) in [6, 6.07) is 19.5. The number of nitriles is 1. The molecule has 1 aliphatic rings. The third-order valence-corrected chi connectivity index (χ3v) is 6.69. The Morgan fingerprint density at radius 2 is 1.82 bits per heavy atom. The first kappa shape index (κ1) is 26.6. The van der Waals surface area contributed by atoms with Crippen LogP contribution in [0.25, 0.3) is 0 Å². The highest BCUT2D eigenvalue weighted by molar-refractivity contribution is 6.15. The third kappa shape index (κ3) is 4.78. The molecule has 0 radical (unpaired) electrons. The average Bonchev–Trinajstić information content (AvgIpc) is 3.39. The molecule has 1 atom stereocenters. The highest BCUT2D eigenvalue weighted by Gasteiger charge is 2.37. The molecule has 0 aliphatic carbocycles. The van der Waals surface area contributed by atoms with Crippen LogP contribution >= 0.6 is 0 Å². The van der Waals surface area contributed by atoms with Crippen molar-refractivity contribution in [3.63, 3.8) is 0 Å². The summed E-state index contributed by atoms with van der Waals surface area (Å²) in [5.41, 5.74) is 0.856. The van der Waals surface area contributed by atoms with E-state index in [9.17, 15) is 14.9 Å². The minimum atomic E-state index is -3.20. The van der Waals surface area contributed by atoms with Gasteiger partial charge in [0.05, 0.1) is 36.5 Å². The molecule has 1 aliphatic heterocycles. The Morgan fingerprint density at radius 1 is 1.12 bits per heavy atom. The zero-order valence-corrected chi connectivity index (χ0v) is 21.8. The predicted octanol–water partition coefficient (Wildman–Crippen LogP) is 5.59. The van der Waals surface area contributed by atoms with Crippen molar-refractivity contribution < 1.29 is 23.1 Å². The lowest BCUT2D eigenvalue weighted by molar-refractivity contribution is 0.0428. The van der Waals surface area contributed by atoms with Crippen molar-refractivity contribution in [2.24, 2.45) is 0 Å². The van der Waals surface area contributed by atoms with E-state index in [1.807, 2.05) is 13.0 Å². The molecule has 0 fully saturated rings. The van der Waals surface area contributed by atoms with Gasteiger partial charge in [-0.2, -0.15) is 19.1 Å². The van der Waals surface area contributed by atoms with E-state index in [4.69, 9.17) is 4.74 Å². The Morgan fingerprint density at radius 3 is 2.50 bits per heavy atom. The van der Waals surface area contributed by atoms with Gasteiger partial charge in [-0.05, 0) is 44.2 Å². The second-order valence-corrected chi connectivity index (χ2v) is 9.31. The van der Waals surface area contributed by atoms with Crippen molar-refractivity contribution in [1.82, 2.24) is 9.78 Å². The maximum Gasteiger partial charge on any atom is 0.298 e. The summed E-state index contributed by atoms with van der Waals surface area (Å²) in [5, 5.41) is 16.4. The number of carbonyl (C=O) groups excluding carboxylic acids is 2. The maximum absolute atomic E-state index is 15.0. The van der Waals surface area contributed by atoms with Gasteiger partial charge in [0.15, 0.2) is 0 Å². The van der Waals surface area contributed by atoms with E-state index >= 15 is 8.78 Å². The van der Waals surface area contributed by atoms with Crippen molar-refractivity contribution in [1.29, 1.82) is 5.26 Å². The van der Waals surface area contributed by atoms with Crippen LogP contribution in [-0.4, -0.2) is 34.2 Å². The molecule has 0 saturated heterocycles. The molecule has 202 valence electrons. The molecule has 8 nitrogen and oxygen atoms in total. The molecule has 40 heavy (non-hydrogen) atoms. The summed E-state index contributed by atoms with van der Waals surface area (Å²) in [4.78, 5) is 28.3. The van der Waals surface area contributed by atoms with Crippen LogP contribution in [0.2, 0.25) is 0 Å². The molecule has 0 bridgehead atoms. The summed E-state index contributed by atoms with van der Waals surface area (Å²) in [6.45, 7) is 4.31. The molecule has 1 aromatic heterocycles. The zero-order chi connectivity index (χ0) is 28.4. The summed E-state index contributed by atoms with van der Waals surface area (Å²) in [7, 11) is 0. The monoisotopic (exact) mass is 541 g/mol. The summed E-state index contributed by atoms with van der Waals surface area (Å²) in [6.07, 6.45) is 1.32. The highest BCUT2D eigenvalue weighted by atomic mass is 19.3. The lowest BCUT2D eigenvalue weighted by atomic mass is 9.99. The van der Waals surface area contributed by atoms with Gasteiger partial charge >= 0.3 is 0 Å². The van der Waals surface area contributed by atoms with Gasteiger partial charge < -0.3 is 15.0 Å². The normalized spacial score (nSPS) is 14.8. The SMILES string of the molecule is CCOc1ccc(NC(=O)c2cnn3c2C(=O)N(c2ccc(C(F)(F)c4ccccc4)cc2)[C@@H](C)C3)cc1C#N. The van der Waals surface area contributed by atoms with Crippen LogP contribution in [0.1, 0.15) is 51.4 Å². The Hall–Kier alpha value is -5.04. The first-order valence-electron chi connectivity index (χ1n) is 12.7. The van der Waals surface area contributed by atoms with Crippen LogP contribution in [0.15, 0.2) is 79.0 Å². The largest absolute Gasteiger partial charge is 0.492 e. The Bertz CT molecular complexity index is 1610. The standard InChI is InChI=1S/C30H25F2N5O3/c1-3-40-26-14-11-23(15-20(26)16-33)35-28(38)25-17-34-36-18-19(2)37(29(39)27(25)36)24-12-9-22(10-13-24)30(31,32)21-7-5-4-6-8-21/h4-15,17,19H,3,18H2,1-2H3,(H,35,38)/t19-/m0/s1. The first-order chi connectivity index (χ1) is 19.2. The number of halogens is 2. The van der Waals surface area contributed by atoms with E-state index in [0.717, 1.165) is 0 Å². The number of hydrogen-bond donors (Lipinski definition) is 1. The van der Waals surface area contributed by atoms with E-state index in [0.29, 0.717) is 30.3 Å². The number of hydrogen-bond acceptors (Lipinski definition) is 5. The average molecular weight is 542 g/mol. The van der Waals surface area contributed by atoms with E-state index in [1.165, 1.54) is 58.2 Å². The molecule has 0 unspecified atom stereocenters. The number of rotatable bonds is 7. The second kappa shape index (κ2) is 10.6. The van der Waals surface area contributed by atoms with E-state index in [1.54, 1.807) is 37.3 Å². The Balaban J connectivity index is 1.40. The first-order valence-corrected chi connectivity index (χ1v) is 12.7. The number of carbonyl (C=O) groups is 2. The van der Waals surface area contributed by atoms with Gasteiger partial charge in [-0.15, -0.1) is 0 Å². The van der Waals surface area contributed by atoms with E-state index in [2.05, 4.69) is 10.4 Å². The van der Waals surface area contributed by atoms with Gasteiger partial charge in [0.25, 0.3) is 17.7 Å². The van der Waals surface area contributed by atoms with Gasteiger partial charge in [-0.3, -0.25) is 14.3 Å². The van der Waals surface area contributed by atoms with Crippen molar-refractivity contribution in [3.05, 3.63) is 107 Å². The van der Waals surface area contributed by atoms with Crippen LogP contribution in [0.3, 0.4) is 0 Å². The van der Waals surface area contributed by atoms with E-state index in [-0.39, 0.29) is 34.0 Å². The quantitative estimate of drug-likeness (QED) is 0.329. The highest BCUT2D eigenvalue weighted by Crippen LogP contribution is 2.37. The summed E-state index contributed by atoms with van der Waals surface area (Å²) in [5.74, 6) is -3.85. The number of aromatic nitrogens is 2. The number of benzene rings is 3. The van der Waals surface area contributed by atoms with E-state index < -0.39 is 17.7 Å². The molecule has 10 heteroatoms. The number of anilines is 2. The van der Waals surface area contributed by atoms with Crippen molar-refractivity contribution in [2.45, 2.75) is 32.4 Å². The fourth-order valence-corrected chi connectivity index (χ4v) is 4.75. The molecule has 5 rings (SSSR count). The van der Waals surface area contributed by atoms with Gasteiger partial charge in [-0.25, -0.2) is 0 Å². The van der Waals surface area contributed by atoms with Crippen LogP contribution in [0, 0.1) is 11.3 Å². The minimum absolute atomic E-state index is 0.0570. The number of amides is 2. The van der Waals surface area contributed by atoms with Crippen LogP contribution in [-0.2, 0) is 12.5 Å². The smallest absolute Gasteiger partial charge is 0.298 e. The molecule has 0 saturated carbocycles. The number of ether oxygens (including phenoxy) is 1. The molecular weight excluding hydrogens is 516 g/mol. The van der Waals surface area contributed by atoms with Crippen molar-refractivity contribution in [3.8, 4) is 11.8 Å². The minimum Gasteiger partial charge on any atom is -0.492 e. The molecular formula is C30H25F2N5O3. The van der Waals surface area contributed by atoms with Gasteiger partial charge in [0, 0.05) is 22.5 Å². The number of fused-ring (bicyclic) bond motifs is 1. The summed E-state index contributed by atoms with van der Waals surface area (Å²) >= 11 is 0. The zero-order valence-electron chi connectivity index (χ0n) is 21.8. The van der Waals surface area contributed by atoms with Crippen LogP contribution < -0.4 is 15.0 Å². The lowest BCUT2D eigenvalue weighted by Gasteiger charge is -2.34. The molecule has 1 N–H and O–H groups in total. The lowest BCUT2D eigenvalue weighted by Crippen LogP contribution is -2.47. The Kier molecular flexibility index (Phi) is 7.05. The number of nitrogens with zero attached hydrogens (tertiary/aromatic N) is 4. The Labute approximate surface area is 229 Å². The molecule has 2 amide bonds. The number of alkyl halides is 2. The van der Waals surface area contributed by atoms with Gasteiger partial charge in [-0.1, -0.05) is 42.5 Å². The topological polar surface area (TPSA) is 100 Å². The third-order valence-electron chi connectivity index (χ3n) is 6.69. The molecule has 4 aromatic rings. The van der Waals surface area contributed by atoms with Crippen molar-refractivity contribution in [2.75, 3.05) is 16.8 Å². The molecule has 3 aromatic carbocycles. The summed E-state index contributed by atoms with van der Waals surface area (Å²) < 4.78 is 37.0. The van der Waals surface area contributed by atoms with Gasteiger partial charge in [0.1, 0.15) is 17.5 Å². The fraction of sp³-hybridized carbons (Fsp3) is 0.200. The molecule has 0 spiro atoms. The fourth-order valence-electron chi connectivity index (χ4n) is 4.75. The van der Waals surface area contributed by atoms with Crippen LogP contribution in [0.4, 0.5) is 20.2 Å².